The van der Waals surface area contributed by atoms with Crippen LogP contribution in [0.4, 0.5) is 0 Å². The van der Waals surface area contributed by atoms with Crippen molar-refractivity contribution in [3.05, 3.63) is 21.7 Å². The van der Waals surface area contributed by atoms with Gasteiger partial charge in [-0.1, -0.05) is 20.8 Å². The summed E-state index contributed by atoms with van der Waals surface area (Å²) in [7, 11) is 3.46. The van der Waals surface area contributed by atoms with Crippen LogP contribution in [0.15, 0.2) is 16.6 Å². The normalized spacial score (nSPS) is 24.6. The Hall–Kier alpha value is -1.68. The number of ether oxygens (including phenoxy) is 2. The van der Waals surface area contributed by atoms with E-state index in [-0.39, 0.29) is 6.04 Å². The van der Waals surface area contributed by atoms with Crippen molar-refractivity contribution >= 4 is 18.1 Å². The minimum atomic E-state index is -1.50. The van der Waals surface area contributed by atoms with E-state index in [2.05, 4.69) is 42.2 Å². The van der Waals surface area contributed by atoms with E-state index in [4.69, 9.17) is 24.8 Å². The quantitative estimate of drug-likeness (QED) is 0.466. The van der Waals surface area contributed by atoms with Gasteiger partial charge in [-0.15, -0.1) is 21.9 Å². The zero-order valence-electron chi connectivity index (χ0n) is 18.4. The average molecular weight is 433 g/mol. The monoisotopic (exact) mass is 432 g/mol. The molecule has 0 radical (unpaired) electrons. The van der Waals surface area contributed by atoms with Crippen LogP contribution in [0.25, 0.3) is 0 Å². The van der Waals surface area contributed by atoms with E-state index in [1.165, 1.54) is 25.7 Å². The van der Waals surface area contributed by atoms with Crippen LogP contribution in [0.3, 0.4) is 0 Å². The first-order chi connectivity index (χ1) is 13.6. The molecule has 1 fully saturated rings. The molecule has 29 heavy (non-hydrogen) atoms. The Morgan fingerprint density at radius 2 is 1.93 bits per heavy atom. The Morgan fingerprint density at radius 3 is 2.38 bits per heavy atom. The van der Waals surface area contributed by atoms with Gasteiger partial charge in [0.1, 0.15) is 6.04 Å². The number of rotatable bonds is 7. The molecule has 1 unspecified atom stereocenters. The van der Waals surface area contributed by atoms with Crippen LogP contribution in [0.1, 0.15) is 46.5 Å². The number of hydrogen-bond donors (Lipinski definition) is 2. The van der Waals surface area contributed by atoms with Gasteiger partial charge in [0.05, 0.1) is 25.9 Å². The van der Waals surface area contributed by atoms with Crippen molar-refractivity contribution in [1.29, 1.82) is 0 Å². The van der Waals surface area contributed by atoms with Crippen LogP contribution >= 0.6 is 11.8 Å². The lowest BCUT2D eigenvalue weighted by atomic mass is 9.71. The standard InChI is InChI=1S/C19H35N3O2S.HNO3/c1-19(2,3)14-7-9-15(10-8-14)21-18-17(24-5)16(11-23-4)22(12-20-18)13-25-6;2-1(3)4/h12,14-16,21H,7-11,13H2,1-6H3;(H,2,3,4). The van der Waals surface area contributed by atoms with Gasteiger partial charge < -0.3 is 24.9 Å². The summed E-state index contributed by atoms with van der Waals surface area (Å²) in [6.45, 7) is 7.67. The number of hydrogen-bond acceptors (Lipinski definition) is 8. The maximum absolute atomic E-state index is 8.36. The number of aliphatic imine (C=N–C) groups is 1. The summed E-state index contributed by atoms with van der Waals surface area (Å²) >= 11 is 1.77. The van der Waals surface area contributed by atoms with Crippen LogP contribution in [0, 0.1) is 21.4 Å². The molecule has 9 nitrogen and oxygen atoms in total. The molecule has 0 aromatic heterocycles. The van der Waals surface area contributed by atoms with Crippen molar-refractivity contribution in [2.45, 2.75) is 58.5 Å². The minimum Gasteiger partial charge on any atom is -0.495 e. The summed E-state index contributed by atoms with van der Waals surface area (Å²) in [5, 5.41) is 17.3. The van der Waals surface area contributed by atoms with Crippen LogP contribution in [0.2, 0.25) is 0 Å². The molecule has 1 atom stereocenters. The van der Waals surface area contributed by atoms with Gasteiger partial charge in [0.15, 0.2) is 11.6 Å². The summed E-state index contributed by atoms with van der Waals surface area (Å²) in [4.78, 5) is 15.2. The van der Waals surface area contributed by atoms with E-state index in [0.717, 1.165) is 23.4 Å². The van der Waals surface area contributed by atoms with Gasteiger partial charge in [-0.25, -0.2) is 4.99 Å². The van der Waals surface area contributed by atoms with Crippen molar-refractivity contribution in [3.63, 3.8) is 0 Å². The molecule has 0 aromatic carbocycles. The van der Waals surface area contributed by atoms with E-state index in [0.29, 0.717) is 18.1 Å². The third-order valence-electron chi connectivity index (χ3n) is 5.39. The zero-order chi connectivity index (χ0) is 22.0. The van der Waals surface area contributed by atoms with Crippen molar-refractivity contribution in [2.24, 2.45) is 16.3 Å². The molecule has 168 valence electrons. The lowest BCUT2D eigenvalue weighted by Crippen LogP contribution is -2.45. The topological polar surface area (TPSA) is 109 Å². The predicted molar refractivity (Wildman–Crippen MR) is 116 cm³/mol. The van der Waals surface area contributed by atoms with E-state index in [1.54, 1.807) is 26.0 Å². The van der Waals surface area contributed by atoms with Crippen molar-refractivity contribution in [1.82, 2.24) is 10.2 Å². The number of nitrogens with zero attached hydrogens (tertiary/aromatic N) is 3. The lowest BCUT2D eigenvalue weighted by molar-refractivity contribution is -0.742. The van der Waals surface area contributed by atoms with Gasteiger partial charge in [0, 0.05) is 13.2 Å². The van der Waals surface area contributed by atoms with Gasteiger partial charge in [-0.2, -0.15) is 0 Å². The molecule has 1 saturated carbocycles. The highest BCUT2D eigenvalue weighted by Gasteiger charge is 2.32. The number of thioether (sulfide) groups is 1. The average Bonchev–Trinajstić information content (AvgIpc) is 2.63. The maximum Gasteiger partial charge on any atom is 0.291 e. The van der Waals surface area contributed by atoms with Crippen LogP contribution < -0.4 is 5.32 Å². The highest BCUT2D eigenvalue weighted by atomic mass is 32.2. The van der Waals surface area contributed by atoms with Gasteiger partial charge >= 0.3 is 0 Å². The first kappa shape index (κ1) is 25.4. The molecule has 0 saturated heterocycles. The van der Waals surface area contributed by atoms with Crippen molar-refractivity contribution < 1.29 is 19.8 Å². The highest BCUT2D eigenvalue weighted by Crippen LogP contribution is 2.38. The predicted octanol–water partition coefficient (Wildman–Crippen LogP) is 3.33. The fourth-order valence-electron chi connectivity index (χ4n) is 3.82. The minimum absolute atomic E-state index is 0.0772. The van der Waals surface area contributed by atoms with Crippen LogP contribution in [-0.4, -0.2) is 66.6 Å². The zero-order valence-corrected chi connectivity index (χ0v) is 19.2. The molecule has 1 aliphatic heterocycles. The summed E-state index contributed by atoms with van der Waals surface area (Å²) < 4.78 is 11.2. The Balaban J connectivity index is 0.000000960. The van der Waals surface area contributed by atoms with E-state index < -0.39 is 5.09 Å². The largest absolute Gasteiger partial charge is 0.495 e. The Labute approximate surface area is 178 Å². The molecule has 0 aromatic rings. The van der Waals surface area contributed by atoms with Gasteiger partial charge in [-0.05, 0) is 43.3 Å². The molecule has 1 aliphatic carbocycles. The van der Waals surface area contributed by atoms with E-state index in [9.17, 15) is 0 Å². The molecule has 10 heteroatoms. The summed E-state index contributed by atoms with van der Waals surface area (Å²) in [5.41, 5.74) is 0.410. The van der Waals surface area contributed by atoms with Gasteiger partial charge in [0.2, 0.25) is 0 Å². The van der Waals surface area contributed by atoms with Crippen molar-refractivity contribution in [2.75, 3.05) is 33.0 Å². The molecule has 0 amide bonds. The molecular weight excluding hydrogens is 396 g/mol. The summed E-state index contributed by atoms with van der Waals surface area (Å²) in [6, 6.07) is 0.555. The second-order valence-corrected chi connectivity index (χ2v) is 9.20. The number of methoxy groups -OCH3 is 2. The summed E-state index contributed by atoms with van der Waals surface area (Å²) in [6.07, 6.45) is 8.96. The van der Waals surface area contributed by atoms with E-state index >= 15 is 0 Å². The molecule has 0 bridgehead atoms. The fourth-order valence-corrected chi connectivity index (χ4v) is 4.37. The van der Waals surface area contributed by atoms with Gasteiger partial charge in [0.25, 0.3) is 5.09 Å². The third-order valence-corrected chi connectivity index (χ3v) is 5.94. The Bertz CT molecular complexity index is 567. The molecule has 0 spiro atoms. The Morgan fingerprint density at radius 1 is 1.34 bits per heavy atom. The second-order valence-electron chi connectivity index (χ2n) is 8.36. The smallest absolute Gasteiger partial charge is 0.291 e. The molecule has 2 aliphatic rings. The van der Waals surface area contributed by atoms with Crippen LogP contribution in [0.5, 0.6) is 0 Å². The van der Waals surface area contributed by atoms with Crippen molar-refractivity contribution in [3.8, 4) is 0 Å². The van der Waals surface area contributed by atoms with Crippen LogP contribution in [-0.2, 0) is 9.47 Å². The molecule has 1 heterocycles. The molecule has 2 rings (SSSR count). The van der Waals surface area contributed by atoms with E-state index in [1.807, 2.05) is 6.34 Å². The SMILES string of the molecule is COCC1C(OC)=C(NC2CCC(C(C)(C)C)CC2)N=CN1CSC.O=[N+]([O-])O. The maximum atomic E-state index is 8.36. The summed E-state index contributed by atoms with van der Waals surface area (Å²) in [5.74, 6) is 3.45. The first-order valence-electron chi connectivity index (χ1n) is 9.79. The molecule has 2 N–H and O–H groups in total. The second kappa shape index (κ2) is 12.1. The fraction of sp³-hybridized carbons (Fsp3) is 0.842. The molecular formula is C19H36N4O5S. The first-order valence-corrected chi connectivity index (χ1v) is 11.2. The van der Waals surface area contributed by atoms with Gasteiger partial charge in [-0.3, -0.25) is 0 Å². The third kappa shape index (κ3) is 8.30. The lowest BCUT2D eigenvalue weighted by Gasteiger charge is -2.38. The Kier molecular flexibility index (Phi) is 10.6. The number of nitrogens with one attached hydrogen (secondary N) is 1. The highest BCUT2D eigenvalue weighted by molar-refractivity contribution is 7.98.